The number of halogens is 5. The van der Waals surface area contributed by atoms with Gasteiger partial charge in [0.05, 0.1) is 69.5 Å². The van der Waals surface area contributed by atoms with E-state index in [0.29, 0.717) is 61.4 Å². The third kappa shape index (κ3) is 26.7. The number of nitrogen functional groups attached to an aromatic ring is 1. The second-order valence-corrected chi connectivity index (χ2v) is 36.0. The van der Waals surface area contributed by atoms with Crippen molar-refractivity contribution in [2.24, 2.45) is 0 Å². The number of furan rings is 3. The van der Waals surface area contributed by atoms with Crippen LogP contribution in [0.15, 0.2) is 269 Å². The zero-order valence-corrected chi connectivity index (χ0v) is 79.0. The highest BCUT2D eigenvalue weighted by molar-refractivity contribution is 6.53. The van der Waals surface area contributed by atoms with Gasteiger partial charge in [-0.15, -0.1) is 0 Å². The maximum absolute atomic E-state index is 15.2. The van der Waals surface area contributed by atoms with Gasteiger partial charge in [-0.1, -0.05) is 115 Å². The Morgan fingerprint density at radius 3 is 1.29 bits per heavy atom. The van der Waals surface area contributed by atoms with Crippen LogP contribution >= 0.6 is 0 Å². The molecule has 0 bridgehead atoms. The molecule has 18 rings (SSSR count). The Balaban J connectivity index is 0.000000143. The van der Waals surface area contributed by atoms with Crippen molar-refractivity contribution >= 4 is 155 Å². The lowest BCUT2D eigenvalue weighted by atomic mass is 9.89. The summed E-state index contributed by atoms with van der Waals surface area (Å²) in [5.41, 5.74) is 11.7. The number of H-pyrrole nitrogens is 2. The third-order valence-electron chi connectivity index (χ3n) is 22.8. The molecular weight excluding hydrogens is 1780 g/mol. The van der Waals surface area contributed by atoms with Crippen LogP contribution in [0.5, 0.6) is 0 Å². The molecule has 12 heterocycles. The number of amides is 3. The summed E-state index contributed by atoms with van der Waals surface area (Å²) in [4.78, 5) is 61.2. The standard InChI is InChI=1S/C24H15FN4O4.C19H28BNO4.C19H13FN4O2.2C14H18BFO2.C14H11FN4/c25-18-13-16(27-23(30)20-5-2-10-32-20)12-17-19(8-7-15-4-1-9-26-14-15)28-29(22(17)18)24(31)21-6-3-11-33-21;1-17(2,3)23-16(22)21-15-10-8-14(9-11-15)12-13-20-24-18(4,5)19(6,7)25-20;20-15-10-13(22-19(25)17-4-2-8-26-17)9-14-16(23-24-18(14)15)6-5-12-3-1-7-21-11-12;1-13(2)14(3,4)18-15(17-13)9-8-11-6-5-7-12(16)10-11;1-13(2)14(3,4)18-15(17-13)10-9-11-7-5-6-8-12(11)16;15-12-7-10(16)6-11-13(18-19-14(11)12)4-3-9-2-1-5-17-8-9/h1-14H,(H,27,30);8-13H,1-7H3,(H,21,22);1-11H,(H,22,25)(H,23,24);2*5-10H,1-4H3;1-8H,16H2,(H,18,19)/b8-7+;13-12+;6-5+;9-8+;10-9+;4-3+. The monoisotopic (exact) mass is 1890 g/mol. The molecule has 139 heavy (non-hydrogen) atoms. The summed E-state index contributed by atoms with van der Waals surface area (Å²) in [6, 6.07) is 49.4. The normalized spacial score (nSPS) is 15.4. The molecule has 0 radical (unpaired) electrons. The molecular formula is C104H103B3F5N13O14. The van der Waals surface area contributed by atoms with Crippen LogP contribution in [0.1, 0.15) is 186 Å². The van der Waals surface area contributed by atoms with Crippen molar-refractivity contribution in [3.8, 4) is 0 Å². The Bertz CT molecular complexity index is 6920. The van der Waals surface area contributed by atoms with Crippen molar-refractivity contribution in [3.63, 3.8) is 0 Å². The number of pyridine rings is 3. The maximum Gasteiger partial charge on any atom is 0.487 e. The quantitative estimate of drug-likeness (QED) is 0.0264. The maximum atomic E-state index is 15.2. The van der Waals surface area contributed by atoms with E-state index in [-0.39, 0.29) is 86.4 Å². The van der Waals surface area contributed by atoms with E-state index >= 15 is 4.39 Å². The summed E-state index contributed by atoms with van der Waals surface area (Å²) < 4.78 is 126. The number of aromatic nitrogens is 9. The SMILES string of the molecule is CC(C)(C)OC(=O)Nc1ccc(/C=C/B2OC(C)(C)C(C)(C)O2)cc1.CC1(C)OB(/C=C/c2cccc(F)c2)OC1(C)C.CC1(C)OB(/C=C/c2ccccc2F)OC1(C)C.Nc1cc(F)c2n[nH]c(/C=C/c3cccnc3)c2c1.O=C(Nc1cc(F)c2c(c1)c(/C=C/c1cccnc1)nn2C(=O)c1ccco1)c1ccco1.O=C(Nc1cc(F)c2n[nH]c(/C=C/c3cccnc3)c2c1)c1ccco1. The van der Waals surface area contributed by atoms with Gasteiger partial charge in [-0.2, -0.15) is 20.0 Å². The molecule has 0 atom stereocenters. The van der Waals surface area contributed by atoms with E-state index in [1.807, 2.05) is 207 Å². The van der Waals surface area contributed by atoms with Gasteiger partial charge in [-0.25, -0.2) is 26.7 Å². The van der Waals surface area contributed by atoms with Crippen molar-refractivity contribution < 1.29 is 87.0 Å². The van der Waals surface area contributed by atoms with Crippen molar-refractivity contribution in [2.75, 3.05) is 21.7 Å². The highest BCUT2D eigenvalue weighted by Gasteiger charge is 2.52. The van der Waals surface area contributed by atoms with Crippen LogP contribution in [0.25, 0.3) is 87.4 Å². The van der Waals surface area contributed by atoms with Crippen LogP contribution in [-0.4, -0.2) is 130 Å². The van der Waals surface area contributed by atoms with E-state index in [1.54, 1.807) is 134 Å². The number of hydrogen-bond donors (Lipinski definition) is 6. The zero-order chi connectivity index (χ0) is 99.6. The molecule has 0 saturated carbocycles. The number of rotatable bonds is 18. The number of hydrogen-bond acceptors (Lipinski definition) is 21. The first-order valence-corrected chi connectivity index (χ1v) is 44.1. The molecule has 3 aliphatic heterocycles. The zero-order valence-electron chi connectivity index (χ0n) is 79.0. The second kappa shape index (κ2) is 43.8. The number of nitrogens with zero attached hydrogens (tertiary/aromatic N) is 7. The first kappa shape index (κ1) is 101. The summed E-state index contributed by atoms with van der Waals surface area (Å²) in [5.74, 6) is 1.88. The molecule has 0 aliphatic carbocycles. The van der Waals surface area contributed by atoms with E-state index in [9.17, 15) is 36.7 Å². The predicted octanol–water partition coefficient (Wildman–Crippen LogP) is 23.4. The first-order chi connectivity index (χ1) is 66.0. The Morgan fingerprint density at radius 1 is 0.410 bits per heavy atom. The number of aromatic amines is 2. The number of benzene rings is 6. The minimum absolute atomic E-state index is 0.0109. The van der Waals surface area contributed by atoms with Gasteiger partial charge in [-0.3, -0.25) is 44.8 Å². The Kier molecular flexibility index (Phi) is 31.9. The Hall–Kier alpha value is -15.3. The smallest absolute Gasteiger partial charge is 0.459 e. The highest BCUT2D eigenvalue weighted by Crippen LogP contribution is 2.41. The van der Waals surface area contributed by atoms with Gasteiger partial charge in [-0.05, 0) is 271 Å². The van der Waals surface area contributed by atoms with E-state index in [1.165, 1.54) is 67.3 Å². The van der Waals surface area contributed by atoms with Crippen LogP contribution < -0.4 is 21.7 Å². The number of anilines is 4. The molecule has 0 unspecified atom stereocenters. The number of ether oxygens (including phenoxy) is 1. The van der Waals surface area contributed by atoms with E-state index < -0.39 is 61.1 Å². The Morgan fingerprint density at radius 2 is 0.842 bits per heavy atom. The summed E-state index contributed by atoms with van der Waals surface area (Å²) in [6.45, 7) is 29.6. The highest BCUT2D eigenvalue weighted by atomic mass is 19.1. The van der Waals surface area contributed by atoms with Gasteiger partial charge in [0.15, 0.2) is 34.7 Å². The summed E-state index contributed by atoms with van der Waals surface area (Å²) in [6.07, 6.45) is 29.9. The second-order valence-electron chi connectivity index (χ2n) is 36.0. The predicted molar refractivity (Wildman–Crippen MR) is 532 cm³/mol. The van der Waals surface area contributed by atoms with E-state index in [0.717, 1.165) is 38.6 Å². The van der Waals surface area contributed by atoms with Gasteiger partial charge in [0.25, 0.3) is 11.8 Å². The lowest BCUT2D eigenvalue weighted by Crippen LogP contribution is -2.41. The van der Waals surface area contributed by atoms with Crippen molar-refractivity contribution in [1.82, 2.24) is 45.1 Å². The fraction of sp³-hybridized carbons (Fsp3) is 0.212. The van der Waals surface area contributed by atoms with E-state index in [2.05, 4.69) is 56.4 Å². The van der Waals surface area contributed by atoms with Crippen LogP contribution in [0.2, 0.25) is 0 Å². The van der Waals surface area contributed by atoms with Crippen LogP contribution in [-0.2, 0) is 32.7 Å². The molecule has 712 valence electrons. The molecule has 35 heteroatoms. The molecule has 7 N–H and O–H groups in total. The minimum Gasteiger partial charge on any atom is -0.459 e. The largest absolute Gasteiger partial charge is 0.487 e. The number of carbonyl (C=O) groups excluding carboxylic acids is 4. The average Bonchev–Trinajstić information content (AvgIpc) is 1.74. The fourth-order valence-corrected chi connectivity index (χ4v) is 13.5. The lowest BCUT2D eigenvalue weighted by Gasteiger charge is -2.32. The molecule has 3 saturated heterocycles. The molecule has 9 aromatic heterocycles. The number of carbonyl (C=O) groups is 4. The van der Waals surface area contributed by atoms with Crippen molar-refractivity contribution in [3.05, 3.63) is 353 Å². The summed E-state index contributed by atoms with van der Waals surface area (Å²) in [5, 5.41) is 27.3. The van der Waals surface area contributed by atoms with Crippen LogP contribution in [0, 0.1) is 29.1 Å². The summed E-state index contributed by atoms with van der Waals surface area (Å²) >= 11 is 0. The van der Waals surface area contributed by atoms with Gasteiger partial charge in [0, 0.05) is 81.7 Å². The topological polar surface area (TPSA) is 348 Å². The minimum atomic E-state index is -0.740. The molecule has 27 nitrogen and oxygen atoms in total. The number of nitrogens with two attached hydrogens (primary N) is 1. The summed E-state index contributed by atoms with van der Waals surface area (Å²) in [7, 11) is -1.20. The van der Waals surface area contributed by atoms with Crippen molar-refractivity contribution in [2.45, 2.75) is 143 Å². The molecule has 6 aromatic carbocycles. The van der Waals surface area contributed by atoms with E-state index in [4.69, 9.17) is 51.6 Å². The van der Waals surface area contributed by atoms with Crippen LogP contribution in [0.4, 0.5) is 49.5 Å². The average molecular weight is 1890 g/mol. The Labute approximate surface area is 800 Å². The molecule has 3 amide bonds. The third-order valence-corrected chi connectivity index (χ3v) is 22.8. The van der Waals surface area contributed by atoms with Crippen LogP contribution in [0.3, 0.4) is 0 Å². The lowest BCUT2D eigenvalue weighted by molar-refractivity contribution is 0.00578. The first-order valence-electron chi connectivity index (χ1n) is 44.1. The van der Waals surface area contributed by atoms with Gasteiger partial charge < -0.3 is 62.3 Å². The fourth-order valence-electron chi connectivity index (χ4n) is 13.5. The number of nitrogens with one attached hydrogen (secondary N) is 5. The molecule has 3 aliphatic rings. The number of fused-ring (bicyclic) bond motifs is 3. The van der Waals surface area contributed by atoms with Gasteiger partial charge in [0.2, 0.25) is 0 Å². The van der Waals surface area contributed by atoms with Gasteiger partial charge in [0.1, 0.15) is 33.8 Å². The molecule has 3 fully saturated rings. The molecule has 15 aromatic rings. The molecule has 0 spiro atoms. The van der Waals surface area contributed by atoms with Gasteiger partial charge >= 0.3 is 33.4 Å². The van der Waals surface area contributed by atoms with Crippen molar-refractivity contribution in [1.29, 1.82) is 0 Å².